The Morgan fingerprint density at radius 1 is 1.33 bits per heavy atom. The minimum absolute atomic E-state index is 0.0167. The summed E-state index contributed by atoms with van der Waals surface area (Å²) in [5, 5.41) is 9.53. The highest BCUT2D eigenvalue weighted by molar-refractivity contribution is 5.71. The van der Waals surface area contributed by atoms with Gasteiger partial charge in [0.15, 0.2) is 0 Å². The maximum Gasteiger partial charge on any atom is 0.307 e. The van der Waals surface area contributed by atoms with Gasteiger partial charge in [0.05, 0.1) is 19.2 Å². The van der Waals surface area contributed by atoms with E-state index in [1.807, 2.05) is 6.07 Å². The highest BCUT2D eigenvalue weighted by Crippen LogP contribution is 2.47. The quantitative estimate of drug-likeness (QED) is 0.922. The molecule has 0 spiro atoms. The lowest BCUT2D eigenvalue weighted by atomic mass is 9.64. The van der Waals surface area contributed by atoms with Gasteiger partial charge in [-0.15, -0.1) is 0 Å². The number of carbonyl (C=O) groups is 1. The third-order valence-corrected chi connectivity index (χ3v) is 4.79. The predicted molar refractivity (Wildman–Crippen MR) is 81.5 cm³/mol. The molecular formula is C17H25NO3. The Hall–Kier alpha value is -1.58. The Labute approximate surface area is 126 Å². The molecule has 0 aromatic carbocycles. The van der Waals surface area contributed by atoms with Gasteiger partial charge >= 0.3 is 5.97 Å². The van der Waals surface area contributed by atoms with Crippen LogP contribution in [0, 0.1) is 17.3 Å². The van der Waals surface area contributed by atoms with E-state index in [-0.39, 0.29) is 17.3 Å². The Bertz CT molecular complexity index is 507. The number of carboxylic acids is 1. The van der Waals surface area contributed by atoms with Crippen LogP contribution in [0.5, 0.6) is 5.75 Å². The Morgan fingerprint density at radius 2 is 2.05 bits per heavy atom. The lowest BCUT2D eigenvalue weighted by Gasteiger charge is -2.40. The van der Waals surface area contributed by atoms with Crippen LogP contribution < -0.4 is 4.74 Å². The van der Waals surface area contributed by atoms with E-state index in [0.29, 0.717) is 11.7 Å². The zero-order valence-electron chi connectivity index (χ0n) is 13.3. The molecule has 1 fully saturated rings. The normalized spacial score (nSPS) is 26.4. The van der Waals surface area contributed by atoms with Crippen molar-refractivity contribution in [2.24, 2.45) is 17.3 Å². The summed E-state index contributed by atoms with van der Waals surface area (Å²) in [7, 11) is 1.61. The molecule has 4 nitrogen and oxygen atoms in total. The molecule has 1 aliphatic carbocycles. The van der Waals surface area contributed by atoms with Gasteiger partial charge in [-0.1, -0.05) is 20.8 Å². The smallest absolute Gasteiger partial charge is 0.307 e. The zero-order valence-corrected chi connectivity index (χ0v) is 13.3. The van der Waals surface area contributed by atoms with E-state index >= 15 is 0 Å². The van der Waals surface area contributed by atoms with Gasteiger partial charge in [-0.05, 0) is 48.1 Å². The van der Waals surface area contributed by atoms with Crippen molar-refractivity contribution in [1.29, 1.82) is 0 Å². The van der Waals surface area contributed by atoms with E-state index in [1.165, 1.54) is 0 Å². The molecule has 2 rings (SSSR count). The fourth-order valence-corrected chi connectivity index (χ4v) is 3.37. The van der Waals surface area contributed by atoms with Crippen LogP contribution in [0.15, 0.2) is 18.5 Å². The highest BCUT2D eigenvalue weighted by Gasteiger charge is 2.39. The topological polar surface area (TPSA) is 59.4 Å². The number of rotatable bonds is 3. The molecule has 4 heteroatoms. The second-order valence-electron chi connectivity index (χ2n) is 7.09. The van der Waals surface area contributed by atoms with Crippen LogP contribution in [-0.4, -0.2) is 23.2 Å². The number of pyridine rings is 1. The molecule has 0 bridgehead atoms. The monoisotopic (exact) mass is 291 g/mol. The van der Waals surface area contributed by atoms with Crippen molar-refractivity contribution in [2.75, 3.05) is 7.11 Å². The molecule has 0 radical (unpaired) electrons. The number of aliphatic carboxylic acids is 1. The number of methoxy groups -OCH3 is 1. The Morgan fingerprint density at radius 3 is 2.62 bits per heavy atom. The average Bonchev–Trinajstić information content (AvgIpc) is 2.45. The molecule has 21 heavy (non-hydrogen) atoms. The summed E-state index contributed by atoms with van der Waals surface area (Å²) in [5.74, 6) is 0.217. The molecule has 3 unspecified atom stereocenters. The van der Waals surface area contributed by atoms with Crippen LogP contribution in [0.2, 0.25) is 0 Å². The summed E-state index contributed by atoms with van der Waals surface area (Å²) < 4.78 is 5.23. The van der Waals surface area contributed by atoms with Crippen LogP contribution in [0.25, 0.3) is 0 Å². The lowest BCUT2D eigenvalue weighted by molar-refractivity contribution is -0.144. The molecule has 0 saturated heterocycles. The largest absolute Gasteiger partial charge is 0.495 e. The number of hydrogen-bond donors (Lipinski definition) is 1. The van der Waals surface area contributed by atoms with Gasteiger partial charge < -0.3 is 9.84 Å². The van der Waals surface area contributed by atoms with Gasteiger partial charge in [-0.2, -0.15) is 0 Å². The first-order chi connectivity index (χ1) is 9.82. The van der Waals surface area contributed by atoms with Crippen molar-refractivity contribution in [2.45, 2.75) is 46.0 Å². The van der Waals surface area contributed by atoms with Crippen molar-refractivity contribution in [3.63, 3.8) is 0 Å². The molecule has 1 aliphatic rings. The van der Waals surface area contributed by atoms with Crippen molar-refractivity contribution < 1.29 is 14.6 Å². The van der Waals surface area contributed by atoms with Crippen molar-refractivity contribution in [1.82, 2.24) is 4.98 Å². The first kappa shape index (κ1) is 15.8. The molecular weight excluding hydrogens is 266 g/mol. The highest BCUT2D eigenvalue weighted by atomic mass is 16.5. The summed E-state index contributed by atoms with van der Waals surface area (Å²) in [6.45, 7) is 6.71. The summed E-state index contributed by atoms with van der Waals surface area (Å²) in [6, 6.07) is 1.93. The van der Waals surface area contributed by atoms with Crippen molar-refractivity contribution in [3.8, 4) is 5.75 Å². The summed E-state index contributed by atoms with van der Waals surface area (Å²) in [5.41, 5.74) is 1.18. The minimum atomic E-state index is -0.699. The molecule has 3 atom stereocenters. The standard InChI is InChI=1S/C17H25NO3/c1-17(2,3)12-5-6-14(16(19)20)15(8-12)11-7-13(21-4)10-18-9-11/h7,9-10,12,14-15H,5-6,8H2,1-4H3,(H,19,20). The van der Waals surface area contributed by atoms with Gasteiger partial charge in [0.2, 0.25) is 0 Å². The fraction of sp³-hybridized carbons (Fsp3) is 0.647. The minimum Gasteiger partial charge on any atom is -0.495 e. The summed E-state index contributed by atoms with van der Waals surface area (Å²) in [4.78, 5) is 15.8. The van der Waals surface area contributed by atoms with Crippen LogP contribution in [0.3, 0.4) is 0 Å². The molecule has 1 aromatic heterocycles. The first-order valence-electron chi connectivity index (χ1n) is 7.54. The SMILES string of the molecule is COc1cncc(C2CC(C(C)(C)C)CCC2C(=O)O)c1. The van der Waals surface area contributed by atoms with Crippen LogP contribution in [0.4, 0.5) is 0 Å². The molecule has 1 N–H and O–H groups in total. The van der Waals surface area contributed by atoms with Gasteiger partial charge in [0, 0.05) is 6.20 Å². The second-order valence-corrected chi connectivity index (χ2v) is 7.09. The van der Waals surface area contributed by atoms with Gasteiger partial charge in [0.25, 0.3) is 0 Å². The summed E-state index contributed by atoms with van der Waals surface area (Å²) in [6.07, 6.45) is 6.06. The Kier molecular flexibility index (Phi) is 4.55. The first-order valence-corrected chi connectivity index (χ1v) is 7.54. The van der Waals surface area contributed by atoms with Crippen molar-refractivity contribution >= 4 is 5.97 Å². The van der Waals surface area contributed by atoms with E-state index in [0.717, 1.165) is 24.8 Å². The molecule has 1 aromatic rings. The number of aromatic nitrogens is 1. The maximum absolute atomic E-state index is 11.6. The fourth-order valence-electron chi connectivity index (χ4n) is 3.37. The van der Waals surface area contributed by atoms with E-state index in [9.17, 15) is 9.90 Å². The van der Waals surface area contributed by atoms with E-state index in [2.05, 4.69) is 25.8 Å². The van der Waals surface area contributed by atoms with E-state index in [1.54, 1.807) is 19.5 Å². The Balaban J connectivity index is 2.31. The van der Waals surface area contributed by atoms with Crippen LogP contribution in [0.1, 0.15) is 51.5 Å². The van der Waals surface area contributed by atoms with Crippen LogP contribution >= 0.6 is 0 Å². The summed E-state index contributed by atoms with van der Waals surface area (Å²) >= 11 is 0. The third kappa shape index (κ3) is 3.55. The molecule has 0 amide bonds. The van der Waals surface area contributed by atoms with Crippen molar-refractivity contribution in [3.05, 3.63) is 24.0 Å². The number of ether oxygens (including phenoxy) is 1. The van der Waals surface area contributed by atoms with Crippen LogP contribution in [-0.2, 0) is 4.79 Å². The van der Waals surface area contributed by atoms with E-state index in [4.69, 9.17) is 4.74 Å². The maximum atomic E-state index is 11.6. The van der Waals surface area contributed by atoms with Gasteiger partial charge in [0.1, 0.15) is 5.75 Å². The predicted octanol–water partition coefficient (Wildman–Crippen LogP) is 3.72. The lowest BCUT2D eigenvalue weighted by Crippen LogP contribution is -2.34. The molecule has 0 aliphatic heterocycles. The molecule has 1 saturated carbocycles. The molecule has 116 valence electrons. The molecule has 1 heterocycles. The van der Waals surface area contributed by atoms with E-state index < -0.39 is 5.97 Å². The number of hydrogen-bond acceptors (Lipinski definition) is 3. The van der Waals surface area contributed by atoms with Gasteiger partial charge in [-0.25, -0.2) is 0 Å². The average molecular weight is 291 g/mol. The zero-order chi connectivity index (χ0) is 15.6. The third-order valence-electron chi connectivity index (χ3n) is 4.79. The number of nitrogens with zero attached hydrogens (tertiary/aromatic N) is 1. The second kappa shape index (κ2) is 6.04. The van der Waals surface area contributed by atoms with Gasteiger partial charge in [-0.3, -0.25) is 9.78 Å². The number of carboxylic acid groups (broad SMARTS) is 1.